The summed E-state index contributed by atoms with van der Waals surface area (Å²) in [5.41, 5.74) is 1.14. The van der Waals surface area contributed by atoms with Gasteiger partial charge in [-0.3, -0.25) is 0 Å². The molecule has 0 radical (unpaired) electrons. The number of hydrogen-bond donors (Lipinski definition) is 1. The standard InChI is InChI=1S/C10H16N2O4S2/c1-7(2)4-5-12-18(14,15)10-8(9(13)16-3)11-6-17-10/h6-7,12H,4-5H2,1-3H3. The highest BCUT2D eigenvalue weighted by atomic mass is 32.2. The van der Waals surface area contributed by atoms with Crippen LogP contribution in [0.4, 0.5) is 0 Å². The molecule has 0 aliphatic heterocycles. The molecule has 8 heteroatoms. The molecular weight excluding hydrogens is 276 g/mol. The zero-order valence-corrected chi connectivity index (χ0v) is 12.1. The van der Waals surface area contributed by atoms with Crippen molar-refractivity contribution in [1.29, 1.82) is 0 Å². The quantitative estimate of drug-likeness (QED) is 0.798. The van der Waals surface area contributed by atoms with Crippen LogP contribution in [0.2, 0.25) is 0 Å². The van der Waals surface area contributed by atoms with Crippen molar-refractivity contribution < 1.29 is 17.9 Å². The fourth-order valence-electron chi connectivity index (χ4n) is 1.21. The van der Waals surface area contributed by atoms with E-state index in [2.05, 4.69) is 14.4 Å². The molecule has 0 atom stereocenters. The molecule has 6 nitrogen and oxygen atoms in total. The molecule has 1 rings (SSSR count). The maximum absolute atomic E-state index is 12.0. The van der Waals surface area contributed by atoms with Gasteiger partial charge in [0.15, 0.2) is 9.90 Å². The first kappa shape index (κ1) is 15.1. The van der Waals surface area contributed by atoms with Gasteiger partial charge in [0.1, 0.15) is 0 Å². The topological polar surface area (TPSA) is 85.4 Å². The summed E-state index contributed by atoms with van der Waals surface area (Å²) in [6.45, 7) is 4.33. The number of hydrogen-bond acceptors (Lipinski definition) is 6. The first-order valence-electron chi connectivity index (χ1n) is 5.40. The lowest BCUT2D eigenvalue weighted by atomic mass is 10.1. The first-order valence-corrected chi connectivity index (χ1v) is 7.76. The Morgan fingerprint density at radius 2 is 2.22 bits per heavy atom. The number of nitrogens with zero attached hydrogens (tertiary/aromatic N) is 1. The van der Waals surface area contributed by atoms with Crippen molar-refractivity contribution in [3.8, 4) is 0 Å². The van der Waals surface area contributed by atoms with Crippen molar-refractivity contribution in [1.82, 2.24) is 9.71 Å². The molecule has 0 saturated heterocycles. The third-order valence-corrected chi connectivity index (χ3v) is 5.00. The van der Waals surface area contributed by atoms with Gasteiger partial charge in [0, 0.05) is 6.54 Å². The van der Waals surface area contributed by atoms with E-state index >= 15 is 0 Å². The summed E-state index contributed by atoms with van der Waals surface area (Å²) >= 11 is 0.897. The van der Waals surface area contributed by atoms with Gasteiger partial charge >= 0.3 is 5.97 Å². The van der Waals surface area contributed by atoms with E-state index in [-0.39, 0.29) is 9.90 Å². The molecule has 1 aromatic rings. The van der Waals surface area contributed by atoms with Crippen molar-refractivity contribution >= 4 is 27.3 Å². The van der Waals surface area contributed by atoms with Gasteiger partial charge in [-0.25, -0.2) is 22.9 Å². The highest BCUT2D eigenvalue weighted by Crippen LogP contribution is 2.20. The van der Waals surface area contributed by atoms with Gasteiger partial charge in [0.2, 0.25) is 0 Å². The summed E-state index contributed by atoms with van der Waals surface area (Å²) in [6, 6.07) is 0. The molecule has 0 unspecified atom stereocenters. The zero-order chi connectivity index (χ0) is 13.8. The van der Waals surface area contributed by atoms with Crippen LogP contribution in [0, 0.1) is 5.92 Å². The second-order valence-electron chi connectivity index (χ2n) is 4.06. The van der Waals surface area contributed by atoms with Crippen molar-refractivity contribution in [2.75, 3.05) is 13.7 Å². The molecular formula is C10H16N2O4S2. The van der Waals surface area contributed by atoms with E-state index in [1.165, 1.54) is 12.6 Å². The number of thiazole rings is 1. The molecule has 0 fully saturated rings. The SMILES string of the molecule is COC(=O)c1ncsc1S(=O)(=O)NCCC(C)C. The van der Waals surface area contributed by atoms with E-state index < -0.39 is 16.0 Å². The summed E-state index contributed by atoms with van der Waals surface area (Å²) in [6.07, 6.45) is 0.728. The van der Waals surface area contributed by atoms with Gasteiger partial charge in [0.05, 0.1) is 12.6 Å². The summed E-state index contributed by atoms with van der Waals surface area (Å²) < 4.78 is 30.8. The van der Waals surface area contributed by atoms with E-state index in [4.69, 9.17) is 0 Å². The minimum Gasteiger partial charge on any atom is -0.464 e. The normalized spacial score (nSPS) is 11.8. The van der Waals surface area contributed by atoms with Crippen LogP contribution in [-0.2, 0) is 14.8 Å². The molecule has 0 amide bonds. The number of ether oxygens (including phenoxy) is 1. The van der Waals surface area contributed by atoms with E-state index in [0.717, 1.165) is 17.8 Å². The molecule has 0 aromatic carbocycles. The number of aromatic nitrogens is 1. The summed E-state index contributed by atoms with van der Waals surface area (Å²) in [7, 11) is -2.51. The second-order valence-corrected chi connectivity index (χ2v) is 6.88. The van der Waals surface area contributed by atoms with Crippen molar-refractivity contribution in [3.05, 3.63) is 11.2 Å². The molecule has 102 valence electrons. The third kappa shape index (κ3) is 3.76. The Morgan fingerprint density at radius 3 is 2.78 bits per heavy atom. The summed E-state index contributed by atoms with van der Waals surface area (Å²) in [4.78, 5) is 15.1. The predicted octanol–water partition coefficient (Wildman–Crippen LogP) is 1.25. The average molecular weight is 292 g/mol. The smallest absolute Gasteiger partial charge is 0.358 e. The van der Waals surface area contributed by atoms with Gasteiger partial charge in [-0.05, 0) is 12.3 Å². The summed E-state index contributed by atoms with van der Waals surface area (Å²) in [5, 5.41) is 0. The van der Waals surface area contributed by atoms with Gasteiger partial charge < -0.3 is 4.74 Å². The Labute approximate surface area is 110 Å². The van der Waals surface area contributed by atoms with Crippen molar-refractivity contribution in [3.63, 3.8) is 0 Å². The minimum atomic E-state index is -3.69. The highest BCUT2D eigenvalue weighted by Gasteiger charge is 2.26. The molecule has 1 heterocycles. The number of sulfonamides is 1. The largest absolute Gasteiger partial charge is 0.464 e. The van der Waals surface area contributed by atoms with Crippen LogP contribution in [0.15, 0.2) is 9.72 Å². The van der Waals surface area contributed by atoms with E-state index in [1.54, 1.807) is 0 Å². The fourth-order valence-corrected chi connectivity index (χ4v) is 3.43. The first-order chi connectivity index (χ1) is 8.38. The second kappa shape index (κ2) is 6.26. The van der Waals surface area contributed by atoms with Crippen LogP contribution in [0.1, 0.15) is 30.8 Å². The van der Waals surface area contributed by atoms with Crippen LogP contribution < -0.4 is 4.72 Å². The van der Waals surface area contributed by atoms with Gasteiger partial charge in [-0.15, -0.1) is 11.3 Å². The van der Waals surface area contributed by atoms with Gasteiger partial charge in [0.25, 0.3) is 10.0 Å². The summed E-state index contributed by atoms with van der Waals surface area (Å²) in [5.74, 6) is -0.352. The van der Waals surface area contributed by atoms with E-state index in [1.807, 2.05) is 13.8 Å². The lowest BCUT2D eigenvalue weighted by Gasteiger charge is -2.07. The van der Waals surface area contributed by atoms with Crippen molar-refractivity contribution in [2.45, 2.75) is 24.5 Å². The van der Waals surface area contributed by atoms with Gasteiger partial charge in [-0.1, -0.05) is 13.8 Å². The van der Waals surface area contributed by atoms with Crippen LogP contribution in [0.3, 0.4) is 0 Å². The Bertz CT molecular complexity index is 508. The number of carbonyl (C=O) groups excluding carboxylic acids is 1. The Hall–Kier alpha value is -0.990. The molecule has 0 bridgehead atoms. The van der Waals surface area contributed by atoms with Crippen LogP contribution in [0.5, 0.6) is 0 Å². The van der Waals surface area contributed by atoms with Crippen molar-refractivity contribution in [2.24, 2.45) is 5.92 Å². The number of nitrogens with one attached hydrogen (secondary N) is 1. The Morgan fingerprint density at radius 1 is 1.56 bits per heavy atom. The highest BCUT2D eigenvalue weighted by molar-refractivity contribution is 7.91. The Balaban J connectivity index is 2.85. The monoisotopic (exact) mass is 292 g/mol. The maximum Gasteiger partial charge on any atom is 0.358 e. The number of carbonyl (C=O) groups is 1. The van der Waals surface area contributed by atoms with Gasteiger partial charge in [-0.2, -0.15) is 0 Å². The Kier molecular flexibility index (Phi) is 5.24. The maximum atomic E-state index is 12.0. The minimum absolute atomic E-state index is 0.0990. The lowest BCUT2D eigenvalue weighted by molar-refractivity contribution is 0.0590. The lowest BCUT2D eigenvalue weighted by Crippen LogP contribution is -2.26. The molecule has 0 aliphatic carbocycles. The molecule has 18 heavy (non-hydrogen) atoms. The molecule has 0 saturated carbocycles. The molecule has 0 spiro atoms. The average Bonchev–Trinajstić information content (AvgIpc) is 2.76. The molecule has 0 aliphatic rings. The van der Waals surface area contributed by atoms with Crippen LogP contribution in [0.25, 0.3) is 0 Å². The number of rotatable bonds is 6. The molecule has 1 N–H and O–H groups in total. The van der Waals surface area contributed by atoms with Crippen LogP contribution in [-0.4, -0.2) is 33.0 Å². The van der Waals surface area contributed by atoms with E-state index in [9.17, 15) is 13.2 Å². The third-order valence-electron chi connectivity index (χ3n) is 2.17. The van der Waals surface area contributed by atoms with Crippen LogP contribution >= 0.6 is 11.3 Å². The number of methoxy groups -OCH3 is 1. The van der Waals surface area contributed by atoms with E-state index in [0.29, 0.717) is 12.5 Å². The fraction of sp³-hybridized carbons (Fsp3) is 0.600. The molecule has 1 aromatic heterocycles. The zero-order valence-electron chi connectivity index (χ0n) is 10.5. The number of esters is 1. The predicted molar refractivity (Wildman–Crippen MR) is 68.1 cm³/mol.